The number of fused-ring (bicyclic) bond motifs is 3. The summed E-state index contributed by atoms with van der Waals surface area (Å²) in [4.78, 5) is 23.5. The Labute approximate surface area is 159 Å². The summed E-state index contributed by atoms with van der Waals surface area (Å²) in [6.45, 7) is 5.95. The van der Waals surface area contributed by atoms with E-state index in [2.05, 4.69) is 23.5 Å². The van der Waals surface area contributed by atoms with Crippen LogP contribution in [0, 0.1) is 12.8 Å². The van der Waals surface area contributed by atoms with Crippen molar-refractivity contribution in [2.45, 2.75) is 46.3 Å². The van der Waals surface area contributed by atoms with E-state index in [4.69, 9.17) is 4.74 Å². The average molecular weight is 367 g/mol. The maximum atomic E-state index is 12.1. The maximum Gasteiger partial charge on any atom is 0.408 e. The molecule has 0 saturated heterocycles. The van der Waals surface area contributed by atoms with Crippen molar-refractivity contribution in [2.24, 2.45) is 5.92 Å². The summed E-state index contributed by atoms with van der Waals surface area (Å²) in [6.07, 6.45) is 0.480. The number of amides is 1. The van der Waals surface area contributed by atoms with E-state index in [0.717, 1.165) is 17.5 Å². The lowest BCUT2D eigenvalue weighted by Gasteiger charge is -2.17. The molecule has 2 aromatic carbocycles. The lowest BCUT2D eigenvalue weighted by Crippen LogP contribution is -2.41. The van der Waals surface area contributed by atoms with Gasteiger partial charge in [0.2, 0.25) is 0 Å². The molecule has 1 aliphatic carbocycles. The van der Waals surface area contributed by atoms with E-state index in [1.165, 1.54) is 22.3 Å². The summed E-state index contributed by atoms with van der Waals surface area (Å²) in [5, 5.41) is 11.7. The summed E-state index contributed by atoms with van der Waals surface area (Å²) in [5.74, 6) is -0.891. The summed E-state index contributed by atoms with van der Waals surface area (Å²) in [6, 6.07) is 11.5. The molecule has 1 amide bonds. The molecule has 0 fully saturated rings. The molecular weight excluding hydrogens is 342 g/mol. The predicted octanol–water partition coefficient (Wildman–Crippen LogP) is 4.29. The summed E-state index contributed by atoms with van der Waals surface area (Å²) in [7, 11) is 0. The third-order valence-corrected chi connectivity index (χ3v) is 4.99. The lowest BCUT2D eigenvalue weighted by atomic mass is 9.97. The number of carboxylic acid groups (broad SMARTS) is 1. The van der Waals surface area contributed by atoms with Gasteiger partial charge in [-0.25, -0.2) is 9.59 Å². The van der Waals surface area contributed by atoms with Crippen LogP contribution in [0.25, 0.3) is 11.1 Å². The Balaban J connectivity index is 1.72. The fourth-order valence-electron chi connectivity index (χ4n) is 3.61. The number of alkyl carbamates (subject to hydrolysis) is 1. The number of aryl methyl sites for hydroxylation is 1. The molecule has 0 aromatic heterocycles. The number of hydrogen-bond donors (Lipinski definition) is 2. The van der Waals surface area contributed by atoms with Gasteiger partial charge in [0.05, 0.1) is 0 Å². The first-order chi connectivity index (χ1) is 12.9. The molecule has 3 rings (SSSR count). The van der Waals surface area contributed by atoms with Gasteiger partial charge in [-0.3, -0.25) is 0 Å². The van der Waals surface area contributed by atoms with E-state index in [1.54, 1.807) is 0 Å². The van der Waals surface area contributed by atoms with Crippen LogP contribution in [0.2, 0.25) is 0 Å². The zero-order valence-electron chi connectivity index (χ0n) is 15.9. The Kier molecular flexibility index (Phi) is 5.49. The number of carbonyl (C=O) groups excluding carboxylic acids is 1. The minimum atomic E-state index is -1.05. The third-order valence-electron chi connectivity index (χ3n) is 4.99. The second-order valence-corrected chi connectivity index (χ2v) is 7.46. The molecule has 1 aliphatic rings. The maximum absolute atomic E-state index is 12.1. The van der Waals surface area contributed by atoms with Gasteiger partial charge in [-0.05, 0) is 59.1 Å². The highest BCUT2D eigenvalue weighted by atomic mass is 16.5. The lowest BCUT2D eigenvalue weighted by molar-refractivity contribution is -0.139. The molecule has 0 unspecified atom stereocenters. The molecule has 5 heteroatoms. The summed E-state index contributed by atoms with van der Waals surface area (Å²) < 4.78 is 5.38. The van der Waals surface area contributed by atoms with Crippen LogP contribution in [-0.2, 0) is 22.6 Å². The SMILES string of the molecule is Cc1ccc2c(c1COC(=O)N[C@@H](CC(C)C)C(=O)O)Cc1ccccc1-2. The molecular formula is C22H25NO4. The fourth-order valence-corrected chi connectivity index (χ4v) is 3.61. The molecule has 0 saturated carbocycles. The monoisotopic (exact) mass is 367 g/mol. The van der Waals surface area contributed by atoms with E-state index in [0.29, 0.717) is 6.42 Å². The van der Waals surface area contributed by atoms with Crippen LogP contribution in [-0.4, -0.2) is 23.2 Å². The van der Waals surface area contributed by atoms with Crippen LogP contribution in [0.15, 0.2) is 36.4 Å². The highest BCUT2D eigenvalue weighted by molar-refractivity contribution is 5.80. The highest BCUT2D eigenvalue weighted by Gasteiger charge is 2.24. The van der Waals surface area contributed by atoms with Gasteiger partial charge in [0, 0.05) is 0 Å². The number of aliphatic carboxylic acids is 1. The Hall–Kier alpha value is -2.82. The molecule has 2 aromatic rings. The van der Waals surface area contributed by atoms with Gasteiger partial charge in [0.1, 0.15) is 12.6 Å². The van der Waals surface area contributed by atoms with Gasteiger partial charge in [-0.2, -0.15) is 0 Å². The van der Waals surface area contributed by atoms with E-state index in [1.807, 2.05) is 39.0 Å². The topological polar surface area (TPSA) is 75.6 Å². The minimum Gasteiger partial charge on any atom is -0.480 e. The van der Waals surface area contributed by atoms with Crippen LogP contribution in [0.5, 0.6) is 0 Å². The molecule has 0 spiro atoms. The van der Waals surface area contributed by atoms with Crippen molar-refractivity contribution in [2.75, 3.05) is 0 Å². The first-order valence-corrected chi connectivity index (χ1v) is 9.22. The van der Waals surface area contributed by atoms with Gasteiger partial charge in [-0.15, -0.1) is 0 Å². The second-order valence-electron chi connectivity index (χ2n) is 7.46. The van der Waals surface area contributed by atoms with Crippen molar-refractivity contribution in [3.05, 3.63) is 58.7 Å². The molecule has 0 bridgehead atoms. The van der Waals surface area contributed by atoms with Gasteiger partial charge in [-0.1, -0.05) is 50.2 Å². The van der Waals surface area contributed by atoms with E-state index in [9.17, 15) is 14.7 Å². The number of ether oxygens (including phenoxy) is 1. The largest absolute Gasteiger partial charge is 0.480 e. The minimum absolute atomic E-state index is 0.128. The number of benzene rings is 2. The standard InChI is InChI=1S/C22H25NO4/c1-13(2)10-20(21(24)25)23-22(26)27-12-19-14(3)8-9-17-16-7-5-4-6-15(16)11-18(17)19/h4-9,13,20H,10-12H2,1-3H3,(H,23,26)(H,24,25)/t20-/m0/s1. The van der Waals surface area contributed by atoms with E-state index in [-0.39, 0.29) is 12.5 Å². The number of carbonyl (C=O) groups is 2. The Morgan fingerprint density at radius 1 is 1.15 bits per heavy atom. The molecule has 0 heterocycles. The molecule has 0 radical (unpaired) electrons. The van der Waals surface area contributed by atoms with Crippen molar-refractivity contribution >= 4 is 12.1 Å². The van der Waals surface area contributed by atoms with Crippen molar-refractivity contribution in [3.63, 3.8) is 0 Å². The highest BCUT2D eigenvalue weighted by Crippen LogP contribution is 2.39. The fraction of sp³-hybridized carbons (Fsp3) is 0.364. The molecule has 142 valence electrons. The first kappa shape index (κ1) is 19.0. The molecule has 0 aliphatic heterocycles. The Morgan fingerprint density at radius 2 is 1.89 bits per heavy atom. The van der Waals surface area contributed by atoms with Crippen molar-refractivity contribution in [3.8, 4) is 11.1 Å². The van der Waals surface area contributed by atoms with Gasteiger partial charge in [0.25, 0.3) is 0 Å². The zero-order valence-corrected chi connectivity index (χ0v) is 15.9. The van der Waals surface area contributed by atoms with Gasteiger partial charge < -0.3 is 15.2 Å². The normalized spacial score (nSPS) is 13.0. The van der Waals surface area contributed by atoms with Crippen LogP contribution in [0.4, 0.5) is 4.79 Å². The number of nitrogens with one attached hydrogen (secondary N) is 1. The quantitative estimate of drug-likeness (QED) is 0.681. The first-order valence-electron chi connectivity index (χ1n) is 9.22. The van der Waals surface area contributed by atoms with Crippen molar-refractivity contribution in [1.29, 1.82) is 0 Å². The summed E-state index contributed by atoms with van der Waals surface area (Å²) in [5.41, 5.74) is 6.91. The van der Waals surface area contributed by atoms with Crippen LogP contribution in [0.1, 0.15) is 42.5 Å². The van der Waals surface area contributed by atoms with Crippen LogP contribution >= 0.6 is 0 Å². The second kappa shape index (κ2) is 7.82. The van der Waals surface area contributed by atoms with Crippen LogP contribution < -0.4 is 5.32 Å². The van der Waals surface area contributed by atoms with E-state index < -0.39 is 18.1 Å². The number of carboxylic acids is 1. The molecule has 27 heavy (non-hydrogen) atoms. The van der Waals surface area contributed by atoms with E-state index >= 15 is 0 Å². The zero-order chi connectivity index (χ0) is 19.6. The van der Waals surface area contributed by atoms with Crippen molar-refractivity contribution < 1.29 is 19.4 Å². The molecule has 1 atom stereocenters. The smallest absolute Gasteiger partial charge is 0.408 e. The van der Waals surface area contributed by atoms with Crippen LogP contribution in [0.3, 0.4) is 0 Å². The van der Waals surface area contributed by atoms with Gasteiger partial charge in [0.15, 0.2) is 0 Å². The van der Waals surface area contributed by atoms with Crippen molar-refractivity contribution in [1.82, 2.24) is 5.32 Å². The molecule has 2 N–H and O–H groups in total. The Bertz CT molecular complexity index is 873. The van der Waals surface area contributed by atoms with Gasteiger partial charge >= 0.3 is 12.1 Å². The summed E-state index contributed by atoms with van der Waals surface area (Å²) >= 11 is 0. The Morgan fingerprint density at radius 3 is 2.59 bits per heavy atom. The number of hydrogen-bond acceptors (Lipinski definition) is 3. The molecule has 5 nitrogen and oxygen atoms in total. The number of rotatable bonds is 6. The third kappa shape index (κ3) is 4.13. The predicted molar refractivity (Wildman–Crippen MR) is 104 cm³/mol. The average Bonchev–Trinajstić information content (AvgIpc) is 2.98.